The van der Waals surface area contributed by atoms with Crippen molar-refractivity contribution in [3.8, 4) is 0 Å². The molecule has 1 aromatic carbocycles. The summed E-state index contributed by atoms with van der Waals surface area (Å²) in [5.74, 6) is -0.950. The molecule has 1 unspecified atom stereocenters. The lowest BCUT2D eigenvalue weighted by Crippen LogP contribution is -2.52. The largest absolute Gasteiger partial charge is 0.480 e. The number of carbonyl (C=O) groups is 3. The van der Waals surface area contributed by atoms with Gasteiger partial charge in [0.05, 0.1) is 0 Å². The number of hydrogen-bond acceptors (Lipinski definition) is 4. The van der Waals surface area contributed by atoms with Crippen LogP contribution in [0.15, 0.2) is 43.0 Å². The number of carbonyl (C=O) groups excluding carboxylic acids is 2. The van der Waals surface area contributed by atoms with Gasteiger partial charge >= 0.3 is 5.97 Å². The zero-order valence-electron chi connectivity index (χ0n) is 13.8. The van der Waals surface area contributed by atoms with E-state index < -0.39 is 11.5 Å². The SMILES string of the molecule is C=CCCC(=O)NC(C)(CCC(=O)SCc1ccccc1)C(=O)O. The molecule has 0 saturated heterocycles. The molecule has 24 heavy (non-hydrogen) atoms. The highest BCUT2D eigenvalue weighted by molar-refractivity contribution is 8.12. The number of nitrogens with one attached hydrogen (secondary N) is 1. The number of carboxylic acids is 1. The van der Waals surface area contributed by atoms with Crippen molar-refractivity contribution in [2.45, 2.75) is 43.9 Å². The molecule has 0 aliphatic heterocycles. The third-order valence-electron chi connectivity index (χ3n) is 3.53. The van der Waals surface area contributed by atoms with Gasteiger partial charge in [-0.05, 0) is 25.3 Å². The van der Waals surface area contributed by atoms with Gasteiger partial charge in [-0.25, -0.2) is 4.79 Å². The summed E-state index contributed by atoms with van der Waals surface area (Å²) in [5.41, 5.74) is -0.407. The summed E-state index contributed by atoms with van der Waals surface area (Å²) in [7, 11) is 0. The smallest absolute Gasteiger partial charge is 0.329 e. The van der Waals surface area contributed by atoms with Gasteiger partial charge in [0.2, 0.25) is 5.91 Å². The average Bonchev–Trinajstić information content (AvgIpc) is 2.57. The van der Waals surface area contributed by atoms with Gasteiger partial charge in [-0.1, -0.05) is 48.2 Å². The van der Waals surface area contributed by atoms with Gasteiger partial charge in [-0.15, -0.1) is 6.58 Å². The van der Waals surface area contributed by atoms with E-state index >= 15 is 0 Å². The van der Waals surface area contributed by atoms with Crippen LogP contribution in [0.5, 0.6) is 0 Å². The van der Waals surface area contributed by atoms with Crippen molar-refractivity contribution >= 4 is 28.8 Å². The van der Waals surface area contributed by atoms with E-state index in [1.807, 2.05) is 30.3 Å². The topological polar surface area (TPSA) is 83.5 Å². The minimum Gasteiger partial charge on any atom is -0.480 e. The zero-order valence-corrected chi connectivity index (χ0v) is 14.6. The van der Waals surface area contributed by atoms with E-state index in [0.29, 0.717) is 12.2 Å². The molecule has 0 aromatic heterocycles. The summed E-state index contributed by atoms with van der Waals surface area (Å²) >= 11 is 1.16. The van der Waals surface area contributed by atoms with Crippen molar-refractivity contribution < 1.29 is 19.5 Å². The molecule has 1 aromatic rings. The van der Waals surface area contributed by atoms with Gasteiger partial charge in [0, 0.05) is 18.6 Å². The summed E-state index contributed by atoms with van der Waals surface area (Å²) in [6.45, 7) is 4.95. The van der Waals surface area contributed by atoms with E-state index in [2.05, 4.69) is 11.9 Å². The van der Waals surface area contributed by atoms with Crippen LogP contribution in [0.2, 0.25) is 0 Å². The maximum absolute atomic E-state index is 12.0. The maximum Gasteiger partial charge on any atom is 0.329 e. The molecule has 0 fully saturated rings. The highest BCUT2D eigenvalue weighted by Gasteiger charge is 2.34. The third kappa shape index (κ3) is 7.00. The lowest BCUT2D eigenvalue weighted by molar-refractivity contribution is -0.147. The van der Waals surface area contributed by atoms with Crippen LogP contribution in [0, 0.1) is 0 Å². The standard InChI is InChI=1S/C18H23NO4S/c1-3-4-10-15(20)19-18(2,17(22)23)12-11-16(21)24-13-14-8-6-5-7-9-14/h3,5-9H,1,4,10-13H2,2H3,(H,19,20)(H,22,23). The van der Waals surface area contributed by atoms with E-state index in [1.54, 1.807) is 6.08 Å². The number of benzene rings is 1. The van der Waals surface area contributed by atoms with Gasteiger partial charge in [0.25, 0.3) is 0 Å². The number of allylic oxidation sites excluding steroid dienone is 1. The number of rotatable bonds is 10. The molecule has 130 valence electrons. The van der Waals surface area contributed by atoms with Gasteiger partial charge in [-0.2, -0.15) is 0 Å². The molecule has 1 amide bonds. The molecule has 5 nitrogen and oxygen atoms in total. The van der Waals surface area contributed by atoms with Crippen LogP contribution in [0.4, 0.5) is 0 Å². The number of thioether (sulfide) groups is 1. The van der Waals surface area contributed by atoms with Crippen LogP contribution in [0.3, 0.4) is 0 Å². The Morgan fingerprint density at radius 2 is 1.92 bits per heavy atom. The van der Waals surface area contributed by atoms with Gasteiger partial charge in [-0.3, -0.25) is 9.59 Å². The first-order valence-corrected chi connectivity index (χ1v) is 8.71. The Morgan fingerprint density at radius 3 is 2.50 bits per heavy atom. The Hall–Kier alpha value is -2.08. The number of aliphatic carboxylic acids is 1. The predicted octanol–water partition coefficient (Wildman–Crippen LogP) is 3.15. The molecule has 0 radical (unpaired) electrons. The Balaban J connectivity index is 2.49. The predicted molar refractivity (Wildman–Crippen MR) is 95.6 cm³/mol. The minimum atomic E-state index is -1.44. The first kappa shape index (κ1) is 20.0. The molecule has 6 heteroatoms. The van der Waals surface area contributed by atoms with E-state index in [0.717, 1.165) is 17.3 Å². The highest BCUT2D eigenvalue weighted by atomic mass is 32.2. The normalized spacial score (nSPS) is 12.9. The van der Waals surface area contributed by atoms with Crippen LogP contribution < -0.4 is 5.32 Å². The molecule has 0 saturated carbocycles. The number of hydrogen-bond donors (Lipinski definition) is 2. The van der Waals surface area contributed by atoms with Crippen molar-refractivity contribution in [1.82, 2.24) is 5.32 Å². The molecular weight excluding hydrogens is 326 g/mol. The van der Waals surface area contributed by atoms with Crippen LogP contribution in [-0.2, 0) is 20.1 Å². The van der Waals surface area contributed by atoms with Crippen molar-refractivity contribution in [2.75, 3.05) is 0 Å². The summed E-state index contributed by atoms with van der Waals surface area (Å²) in [5, 5.41) is 11.8. The summed E-state index contributed by atoms with van der Waals surface area (Å²) < 4.78 is 0. The quantitative estimate of drug-likeness (QED) is 0.634. The zero-order chi connectivity index (χ0) is 18.0. The molecule has 1 rings (SSSR count). The van der Waals surface area contributed by atoms with Gasteiger partial charge in [0.15, 0.2) is 5.12 Å². The summed E-state index contributed by atoms with van der Waals surface area (Å²) in [6.07, 6.45) is 2.41. The Morgan fingerprint density at radius 1 is 1.25 bits per heavy atom. The second kappa shape index (κ2) is 9.93. The number of carboxylic acid groups (broad SMARTS) is 1. The van der Waals surface area contributed by atoms with Crippen molar-refractivity contribution in [3.63, 3.8) is 0 Å². The second-order valence-corrected chi connectivity index (χ2v) is 6.69. The van der Waals surface area contributed by atoms with Crippen LogP contribution >= 0.6 is 11.8 Å². The van der Waals surface area contributed by atoms with Crippen molar-refractivity contribution in [3.05, 3.63) is 48.6 Å². The Labute approximate surface area is 146 Å². The maximum atomic E-state index is 12.0. The molecule has 0 bridgehead atoms. The lowest BCUT2D eigenvalue weighted by atomic mass is 9.96. The van der Waals surface area contributed by atoms with E-state index in [1.165, 1.54) is 6.92 Å². The van der Waals surface area contributed by atoms with Crippen molar-refractivity contribution in [1.29, 1.82) is 0 Å². The summed E-state index contributed by atoms with van der Waals surface area (Å²) in [4.78, 5) is 35.2. The average molecular weight is 349 g/mol. The number of amides is 1. The highest BCUT2D eigenvalue weighted by Crippen LogP contribution is 2.20. The first-order chi connectivity index (χ1) is 11.4. The first-order valence-electron chi connectivity index (χ1n) is 7.72. The monoisotopic (exact) mass is 349 g/mol. The third-order valence-corrected chi connectivity index (χ3v) is 4.54. The Bertz CT molecular complexity index is 588. The summed E-state index contributed by atoms with van der Waals surface area (Å²) in [6, 6.07) is 9.58. The molecule has 0 aliphatic rings. The Kier molecular flexibility index (Phi) is 8.26. The van der Waals surface area contributed by atoms with E-state index in [-0.39, 0.29) is 30.3 Å². The second-order valence-electron chi connectivity index (χ2n) is 5.66. The molecule has 1 atom stereocenters. The fourth-order valence-corrected chi connectivity index (χ4v) is 2.76. The molecule has 0 spiro atoms. The fraction of sp³-hybridized carbons (Fsp3) is 0.389. The van der Waals surface area contributed by atoms with Crippen molar-refractivity contribution in [2.24, 2.45) is 0 Å². The van der Waals surface area contributed by atoms with E-state index in [4.69, 9.17) is 0 Å². The fourth-order valence-electron chi connectivity index (χ4n) is 1.99. The van der Waals surface area contributed by atoms with E-state index in [9.17, 15) is 19.5 Å². The molecule has 2 N–H and O–H groups in total. The van der Waals surface area contributed by atoms with Gasteiger partial charge < -0.3 is 10.4 Å². The minimum absolute atomic E-state index is 0.0583. The van der Waals surface area contributed by atoms with Crippen LogP contribution in [0.1, 0.15) is 38.2 Å². The molecule has 0 aliphatic carbocycles. The lowest BCUT2D eigenvalue weighted by Gasteiger charge is -2.26. The van der Waals surface area contributed by atoms with Gasteiger partial charge in [0.1, 0.15) is 5.54 Å². The molecular formula is C18H23NO4S. The molecule has 0 heterocycles. The van der Waals surface area contributed by atoms with Crippen LogP contribution in [0.25, 0.3) is 0 Å². The van der Waals surface area contributed by atoms with Crippen LogP contribution in [-0.4, -0.2) is 27.6 Å².